The number of hydrogen-bond acceptors (Lipinski definition) is 4. The molecule has 3 nitrogen and oxygen atoms in total. The van der Waals surface area contributed by atoms with E-state index < -0.39 is 0 Å². The van der Waals surface area contributed by atoms with Crippen LogP contribution in [0.15, 0.2) is 96.1 Å². The Balaban J connectivity index is 1.24. The molecule has 2 atom stereocenters. The summed E-state index contributed by atoms with van der Waals surface area (Å²) in [6, 6.07) is 23.6. The van der Waals surface area contributed by atoms with Gasteiger partial charge in [-0.3, -0.25) is 5.43 Å². The van der Waals surface area contributed by atoms with Gasteiger partial charge in [0, 0.05) is 28.0 Å². The molecule has 0 fully saturated rings. The van der Waals surface area contributed by atoms with Crippen molar-refractivity contribution in [2.24, 2.45) is 11.0 Å². The van der Waals surface area contributed by atoms with Crippen molar-refractivity contribution in [1.82, 2.24) is 5.43 Å². The zero-order valence-electron chi connectivity index (χ0n) is 18.8. The van der Waals surface area contributed by atoms with Gasteiger partial charge in [0.05, 0.1) is 0 Å². The highest BCUT2D eigenvalue weighted by molar-refractivity contribution is 8.15. The number of rotatable bonds is 3. The normalized spacial score (nSPS) is 22.1. The summed E-state index contributed by atoms with van der Waals surface area (Å²) in [5.41, 5.74) is 9.22. The zero-order valence-corrected chi connectivity index (χ0v) is 19.6. The van der Waals surface area contributed by atoms with Crippen LogP contribution in [0.25, 0.3) is 11.1 Å². The van der Waals surface area contributed by atoms with Crippen LogP contribution in [0.3, 0.4) is 0 Å². The molecule has 2 heterocycles. The van der Waals surface area contributed by atoms with Crippen molar-refractivity contribution in [1.29, 1.82) is 0 Å². The van der Waals surface area contributed by atoms with Crippen LogP contribution < -0.4 is 10.2 Å². The van der Waals surface area contributed by atoms with E-state index in [0.29, 0.717) is 11.3 Å². The molecule has 2 unspecified atom stereocenters. The molecule has 3 aromatic rings. The second-order valence-corrected chi connectivity index (χ2v) is 10.4. The quantitative estimate of drug-likeness (QED) is 0.456. The number of ether oxygens (including phenoxy) is 1. The van der Waals surface area contributed by atoms with E-state index in [0.717, 1.165) is 28.5 Å². The second-order valence-electron chi connectivity index (χ2n) is 9.31. The molecular formula is C29H26N2OS. The van der Waals surface area contributed by atoms with Crippen LogP contribution in [0.1, 0.15) is 37.0 Å². The summed E-state index contributed by atoms with van der Waals surface area (Å²) < 4.78 is 6.22. The highest BCUT2D eigenvalue weighted by Gasteiger charge is 2.34. The van der Waals surface area contributed by atoms with E-state index in [1.54, 1.807) is 0 Å². The van der Waals surface area contributed by atoms with Crippen molar-refractivity contribution in [2.75, 3.05) is 0 Å². The average molecular weight is 451 g/mol. The minimum absolute atomic E-state index is 0.112. The molecule has 0 radical (unpaired) electrons. The first-order valence-corrected chi connectivity index (χ1v) is 12.3. The van der Waals surface area contributed by atoms with Gasteiger partial charge in [0.2, 0.25) is 0 Å². The van der Waals surface area contributed by atoms with Crippen molar-refractivity contribution in [2.45, 2.75) is 31.1 Å². The lowest BCUT2D eigenvalue weighted by Crippen LogP contribution is -2.25. The van der Waals surface area contributed by atoms with Gasteiger partial charge in [0.1, 0.15) is 21.9 Å². The molecule has 164 valence electrons. The highest BCUT2D eigenvalue weighted by atomic mass is 32.2. The molecule has 0 amide bonds. The first-order chi connectivity index (χ1) is 16.1. The number of benzene rings is 3. The summed E-state index contributed by atoms with van der Waals surface area (Å²) in [4.78, 5) is 0. The molecule has 6 rings (SSSR count). The predicted octanol–water partition coefficient (Wildman–Crippen LogP) is 7.24. The van der Waals surface area contributed by atoms with Crippen LogP contribution in [-0.4, -0.2) is 10.4 Å². The minimum Gasteiger partial charge on any atom is -0.457 e. The monoisotopic (exact) mass is 450 g/mol. The number of para-hydroxylation sites is 1. The van der Waals surface area contributed by atoms with E-state index in [4.69, 9.17) is 4.74 Å². The fraction of sp³-hybridized carbons (Fsp3) is 0.207. The molecular weight excluding hydrogens is 424 g/mol. The van der Waals surface area contributed by atoms with Gasteiger partial charge in [-0.15, -0.1) is 0 Å². The van der Waals surface area contributed by atoms with E-state index in [-0.39, 0.29) is 5.41 Å². The molecule has 33 heavy (non-hydrogen) atoms. The van der Waals surface area contributed by atoms with Gasteiger partial charge >= 0.3 is 0 Å². The summed E-state index contributed by atoms with van der Waals surface area (Å²) in [7, 11) is 0. The molecule has 0 spiro atoms. The van der Waals surface area contributed by atoms with Gasteiger partial charge in [-0.2, -0.15) is 5.10 Å². The van der Waals surface area contributed by atoms with Gasteiger partial charge < -0.3 is 4.74 Å². The Labute approximate surface area is 199 Å². The van der Waals surface area contributed by atoms with Crippen molar-refractivity contribution in [3.63, 3.8) is 0 Å². The van der Waals surface area contributed by atoms with E-state index in [1.165, 1.54) is 22.3 Å². The van der Waals surface area contributed by atoms with Crippen LogP contribution in [-0.2, 0) is 5.41 Å². The number of allylic oxidation sites excluding steroid dienone is 3. The Kier molecular flexibility index (Phi) is 4.92. The number of hydrogen-bond donors (Lipinski definition) is 1. The Bertz CT molecular complexity index is 1300. The van der Waals surface area contributed by atoms with Gasteiger partial charge in [-0.25, -0.2) is 0 Å². The van der Waals surface area contributed by atoms with Gasteiger partial charge in [0.25, 0.3) is 0 Å². The van der Waals surface area contributed by atoms with Crippen molar-refractivity contribution >= 4 is 16.8 Å². The molecule has 1 aliphatic carbocycles. The smallest absolute Gasteiger partial charge is 0.131 e. The van der Waals surface area contributed by atoms with Crippen LogP contribution in [0.5, 0.6) is 11.5 Å². The van der Waals surface area contributed by atoms with Crippen LogP contribution in [0.4, 0.5) is 0 Å². The van der Waals surface area contributed by atoms with Gasteiger partial charge in [0.15, 0.2) is 0 Å². The van der Waals surface area contributed by atoms with Gasteiger partial charge in [-0.1, -0.05) is 98.4 Å². The SMILES string of the molecule is CC1(C)c2ccccc2Oc2ccc(-c3ccc(C4=NNC(C5C=CC=CC5)S4)cc3)cc21. The average Bonchev–Trinajstić information content (AvgIpc) is 3.35. The van der Waals surface area contributed by atoms with Crippen LogP contribution >= 0.6 is 11.8 Å². The van der Waals surface area contributed by atoms with Crippen molar-refractivity contribution in [3.05, 3.63) is 108 Å². The largest absolute Gasteiger partial charge is 0.457 e. The molecule has 0 aromatic heterocycles. The van der Waals surface area contributed by atoms with Gasteiger partial charge in [-0.05, 0) is 35.7 Å². The van der Waals surface area contributed by atoms with Crippen molar-refractivity contribution in [3.8, 4) is 22.6 Å². The summed E-state index contributed by atoms with van der Waals surface area (Å²) in [5, 5.41) is 5.98. The van der Waals surface area contributed by atoms with E-state index in [1.807, 2.05) is 17.8 Å². The maximum atomic E-state index is 6.22. The third-order valence-corrected chi connectivity index (χ3v) is 8.09. The summed E-state index contributed by atoms with van der Waals surface area (Å²) in [6.07, 6.45) is 9.80. The van der Waals surface area contributed by atoms with Crippen molar-refractivity contribution < 1.29 is 4.74 Å². The predicted molar refractivity (Wildman–Crippen MR) is 138 cm³/mol. The molecule has 2 aliphatic heterocycles. The summed E-state index contributed by atoms with van der Waals surface area (Å²) in [6.45, 7) is 4.55. The zero-order chi connectivity index (χ0) is 22.4. The number of fused-ring (bicyclic) bond motifs is 2. The third kappa shape index (κ3) is 3.59. The van der Waals surface area contributed by atoms with Crippen LogP contribution in [0, 0.1) is 5.92 Å². The molecule has 0 bridgehead atoms. The summed E-state index contributed by atoms with van der Waals surface area (Å²) >= 11 is 1.82. The Morgan fingerprint density at radius 2 is 1.64 bits per heavy atom. The van der Waals surface area contributed by atoms with Crippen LogP contribution in [0.2, 0.25) is 0 Å². The Hall–Kier alpha value is -3.24. The van der Waals surface area contributed by atoms with E-state index in [2.05, 4.69) is 109 Å². The molecule has 4 heteroatoms. The molecule has 3 aliphatic rings. The molecule has 3 aromatic carbocycles. The molecule has 1 N–H and O–H groups in total. The Morgan fingerprint density at radius 3 is 2.45 bits per heavy atom. The standard InChI is InChI=1S/C29H26N2OS/c1-29(2)23-10-6-7-11-25(23)32-26-17-16-22(18-24(26)29)19-12-14-21(15-13-19)28-31-30-27(33-28)20-8-4-3-5-9-20/h3-8,10-18,20,27,30H,9H2,1-2H3. The highest BCUT2D eigenvalue weighted by Crippen LogP contribution is 2.48. The first kappa shape index (κ1) is 20.4. The first-order valence-electron chi connectivity index (χ1n) is 11.5. The fourth-order valence-corrected chi connectivity index (χ4v) is 5.96. The maximum Gasteiger partial charge on any atom is 0.131 e. The Morgan fingerprint density at radius 1 is 0.879 bits per heavy atom. The molecule has 0 saturated heterocycles. The summed E-state index contributed by atoms with van der Waals surface area (Å²) in [5.74, 6) is 2.37. The lowest BCUT2D eigenvalue weighted by molar-refractivity contribution is 0.418. The molecule has 0 saturated carbocycles. The number of nitrogens with one attached hydrogen (secondary N) is 1. The maximum absolute atomic E-state index is 6.22. The van der Waals surface area contributed by atoms with E-state index in [9.17, 15) is 0 Å². The second kappa shape index (κ2) is 7.96. The lowest BCUT2D eigenvalue weighted by Gasteiger charge is -2.34. The number of thioether (sulfide) groups is 1. The number of nitrogens with zero attached hydrogens (tertiary/aromatic N) is 1. The van der Waals surface area contributed by atoms with E-state index >= 15 is 0 Å². The minimum atomic E-state index is -0.112. The number of hydrazone groups is 1. The lowest BCUT2D eigenvalue weighted by atomic mass is 9.75. The fourth-order valence-electron chi connectivity index (χ4n) is 4.86. The topological polar surface area (TPSA) is 33.6 Å². The third-order valence-electron chi connectivity index (χ3n) is 6.83.